The first-order chi connectivity index (χ1) is 11.7. The van der Waals surface area contributed by atoms with Crippen molar-refractivity contribution in [3.8, 4) is 0 Å². The minimum absolute atomic E-state index is 0.117. The van der Waals surface area contributed by atoms with Gasteiger partial charge in [0.1, 0.15) is 0 Å². The highest BCUT2D eigenvalue weighted by molar-refractivity contribution is 5.82. The summed E-state index contributed by atoms with van der Waals surface area (Å²) in [6.07, 6.45) is 4.19. The van der Waals surface area contributed by atoms with Gasteiger partial charge in [-0.3, -0.25) is 4.79 Å². The predicted octanol–water partition coefficient (Wildman–Crippen LogP) is 3.58. The lowest BCUT2D eigenvalue weighted by atomic mass is 9.96. The smallest absolute Gasteiger partial charge is 0.239 e. The van der Waals surface area contributed by atoms with Crippen LogP contribution in [0.25, 0.3) is 0 Å². The van der Waals surface area contributed by atoms with E-state index in [0.717, 1.165) is 32.2 Å². The maximum Gasteiger partial charge on any atom is 0.239 e. The van der Waals surface area contributed by atoms with Gasteiger partial charge in [0, 0.05) is 18.3 Å². The van der Waals surface area contributed by atoms with Crippen molar-refractivity contribution in [2.24, 2.45) is 0 Å². The number of para-hydroxylation sites is 1. The highest BCUT2D eigenvalue weighted by Crippen LogP contribution is 2.29. The van der Waals surface area contributed by atoms with Crippen LogP contribution in [0.1, 0.15) is 30.9 Å². The first-order valence-electron chi connectivity index (χ1n) is 8.89. The average molecular weight is 322 g/mol. The predicted molar refractivity (Wildman–Crippen MR) is 99.3 cm³/mol. The van der Waals surface area contributed by atoms with Crippen LogP contribution >= 0.6 is 0 Å². The van der Waals surface area contributed by atoms with Crippen LogP contribution in [0.2, 0.25) is 0 Å². The number of hydrogen-bond acceptors (Lipinski definition) is 2. The molecule has 1 aliphatic rings. The van der Waals surface area contributed by atoms with Gasteiger partial charge >= 0.3 is 0 Å². The molecule has 1 heterocycles. The fraction of sp³-hybridized carbons (Fsp3) is 0.381. The largest absolute Gasteiger partial charge is 0.359 e. The number of amides is 1. The minimum Gasteiger partial charge on any atom is -0.359 e. The van der Waals surface area contributed by atoms with Crippen LogP contribution in [-0.4, -0.2) is 25.0 Å². The van der Waals surface area contributed by atoms with Gasteiger partial charge in [-0.15, -0.1) is 0 Å². The van der Waals surface area contributed by atoms with Crippen LogP contribution in [0, 0.1) is 0 Å². The molecule has 126 valence electrons. The van der Waals surface area contributed by atoms with E-state index in [2.05, 4.69) is 65.7 Å². The van der Waals surface area contributed by atoms with Gasteiger partial charge in [0.05, 0.1) is 6.54 Å². The van der Waals surface area contributed by atoms with E-state index in [0.29, 0.717) is 12.6 Å². The van der Waals surface area contributed by atoms with Crippen molar-refractivity contribution in [3.63, 3.8) is 0 Å². The molecule has 3 rings (SSSR count). The summed E-state index contributed by atoms with van der Waals surface area (Å²) in [4.78, 5) is 14.6. The van der Waals surface area contributed by atoms with E-state index < -0.39 is 0 Å². The topological polar surface area (TPSA) is 32.3 Å². The zero-order valence-electron chi connectivity index (χ0n) is 14.4. The Morgan fingerprint density at radius 2 is 1.88 bits per heavy atom. The number of anilines is 1. The van der Waals surface area contributed by atoms with E-state index in [4.69, 9.17) is 0 Å². The lowest BCUT2D eigenvalue weighted by molar-refractivity contribution is -0.119. The van der Waals surface area contributed by atoms with Gasteiger partial charge in [0.2, 0.25) is 5.91 Å². The number of benzene rings is 2. The van der Waals surface area contributed by atoms with Gasteiger partial charge in [0.25, 0.3) is 0 Å². The number of nitrogens with one attached hydrogen (secondary N) is 1. The Labute approximate surface area is 144 Å². The number of fused-ring (bicyclic) bond motifs is 1. The van der Waals surface area contributed by atoms with Gasteiger partial charge in [-0.05, 0) is 49.8 Å². The zero-order chi connectivity index (χ0) is 16.8. The Hall–Kier alpha value is -2.29. The van der Waals surface area contributed by atoms with Crippen LogP contribution < -0.4 is 10.2 Å². The van der Waals surface area contributed by atoms with Crippen molar-refractivity contribution in [1.29, 1.82) is 0 Å². The van der Waals surface area contributed by atoms with Gasteiger partial charge in [0.15, 0.2) is 0 Å². The van der Waals surface area contributed by atoms with Crippen molar-refractivity contribution in [3.05, 3.63) is 65.7 Å². The Kier molecular flexibility index (Phi) is 5.52. The molecule has 0 unspecified atom stereocenters. The molecule has 1 amide bonds. The Balaban J connectivity index is 1.48. The first-order valence-corrected chi connectivity index (χ1v) is 8.89. The molecule has 0 saturated carbocycles. The minimum atomic E-state index is 0.117. The molecule has 0 fully saturated rings. The van der Waals surface area contributed by atoms with Crippen molar-refractivity contribution in [2.75, 3.05) is 18.0 Å². The maximum atomic E-state index is 12.3. The van der Waals surface area contributed by atoms with Gasteiger partial charge in [-0.1, -0.05) is 48.5 Å². The van der Waals surface area contributed by atoms with E-state index in [-0.39, 0.29) is 5.91 Å². The summed E-state index contributed by atoms with van der Waals surface area (Å²) < 4.78 is 0. The lowest BCUT2D eigenvalue weighted by Crippen LogP contribution is -2.44. The molecule has 0 saturated heterocycles. The Morgan fingerprint density at radius 3 is 2.71 bits per heavy atom. The molecule has 0 bridgehead atoms. The highest BCUT2D eigenvalue weighted by Gasteiger charge is 2.24. The summed E-state index contributed by atoms with van der Waals surface area (Å²) >= 11 is 0. The van der Waals surface area contributed by atoms with Crippen molar-refractivity contribution < 1.29 is 4.79 Å². The lowest BCUT2D eigenvalue weighted by Gasteiger charge is -2.36. The summed E-state index contributed by atoms with van der Waals surface area (Å²) in [5.74, 6) is 0.117. The third kappa shape index (κ3) is 4.16. The van der Waals surface area contributed by atoms with E-state index in [9.17, 15) is 4.79 Å². The van der Waals surface area contributed by atoms with E-state index in [1.807, 2.05) is 6.07 Å². The van der Waals surface area contributed by atoms with Gasteiger partial charge < -0.3 is 10.2 Å². The SMILES string of the molecule is C[C@@H]1CCc2ccccc2N1CC(=O)NCCCc1ccccc1. The molecule has 3 heteroatoms. The maximum absolute atomic E-state index is 12.3. The van der Waals surface area contributed by atoms with Crippen molar-refractivity contribution >= 4 is 11.6 Å². The fourth-order valence-corrected chi connectivity index (χ4v) is 3.38. The van der Waals surface area contributed by atoms with Gasteiger partial charge in [-0.2, -0.15) is 0 Å². The van der Waals surface area contributed by atoms with Gasteiger partial charge in [-0.25, -0.2) is 0 Å². The first kappa shape index (κ1) is 16.6. The standard InChI is InChI=1S/C21H26N2O/c1-17-13-14-19-11-5-6-12-20(19)23(17)16-21(24)22-15-7-10-18-8-3-2-4-9-18/h2-6,8-9,11-12,17H,7,10,13-16H2,1H3,(H,22,24)/t17-/m1/s1. The molecule has 0 aromatic heterocycles. The molecular formula is C21H26N2O. The molecule has 0 spiro atoms. The molecule has 1 atom stereocenters. The number of carbonyl (C=O) groups excluding carboxylic acids is 1. The fourth-order valence-electron chi connectivity index (χ4n) is 3.38. The second-order valence-corrected chi connectivity index (χ2v) is 6.58. The second-order valence-electron chi connectivity index (χ2n) is 6.58. The van der Waals surface area contributed by atoms with Crippen LogP contribution in [0.15, 0.2) is 54.6 Å². The monoisotopic (exact) mass is 322 g/mol. The molecule has 3 nitrogen and oxygen atoms in total. The summed E-state index contributed by atoms with van der Waals surface area (Å²) in [6, 6.07) is 19.3. The van der Waals surface area contributed by atoms with Crippen molar-refractivity contribution in [2.45, 2.75) is 38.6 Å². The third-order valence-corrected chi connectivity index (χ3v) is 4.79. The molecule has 0 radical (unpaired) electrons. The third-order valence-electron chi connectivity index (χ3n) is 4.79. The van der Waals surface area contributed by atoms with E-state index >= 15 is 0 Å². The van der Waals surface area contributed by atoms with Crippen LogP contribution in [-0.2, 0) is 17.6 Å². The normalized spacial score (nSPS) is 16.5. The second kappa shape index (κ2) is 8.00. The Bertz CT molecular complexity index is 669. The molecule has 0 aliphatic carbocycles. The van der Waals surface area contributed by atoms with Crippen LogP contribution in [0.5, 0.6) is 0 Å². The number of hydrogen-bond donors (Lipinski definition) is 1. The molecule has 1 aliphatic heterocycles. The summed E-state index contributed by atoms with van der Waals surface area (Å²) in [5, 5.41) is 3.07. The molecule has 1 N–H and O–H groups in total. The summed E-state index contributed by atoms with van der Waals surface area (Å²) in [5.41, 5.74) is 3.90. The molecular weight excluding hydrogens is 296 g/mol. The van der Waals surface area contributed by atoms with E-state index in [1.165, 1.54) is 16.8 Å². The van der Waals surface area contributed by atoms with E-state index in [1.54, 1.807) is 0 Å². The average Bonchev–Trinajstić information content (AvgIpc) is 2.62. The number of nitrogens with zero attached hydrogens (tertiary/aromatic N) is 1. The quantitative estimate of drug-likeness (QED) is 0.825. The van der Waals surface area contributed by atoms with Crippen LogP contribution in [0.4, 0.5) is 5.69 Å². The number of rotatable bonds is 6. The molecule has 2 aromatic carbocycles. The molecule has 2 aromatic rings. The zero-order valence-corrected chi connectivity index (χ0v) is 14.4. The Morgan fingerprint density at radius 1 is 1.12 bits per heavy atom. The van der Waals surface area contributed by atoms with Crippen LogP contribution in [0.3, 0.4) is 0 Å². The summed E-state index contributed by atoms with van der Waals surface area (Å²) in [6.45, 7) is 3.39. The number of carbonyl (C=O) groups is 1. The molecule has 24 heavy (non-hydrogen) atoms. The van der Waals surface area contributed by atoms with Crippen molar-refractivity contribution in [1.82, 2.24) is 5.32 Å². The number of aryl methyl sites for hydroxylation is 2. The summed E-state index contributed by atoms with van der Waals surface area (Å²) in [7, 11) is 0. The highest BCUT2D eigenvalue weighted by atomic mass is 16.2.